The van der Waals surface area contributed by atoms with Crippen LogP contribution in [-0.4, -0.2) is 28.0 Å². The van der Waals surface area contributed by atoms with Crippen LogP contribution in [0, 0.1) is 0 Å². The first-order valence-electron chi connectivity index (χ1n) is 9.38. The van der Waals surface area contributed by atoms with Crippen LogP contribution in [0.25, 0.3) is 22.0 Å². The fourth-order valence-electron chi connectivity index (χ4n) is 3.96. The van der Waals surface area contributed by atoms with Crippen molar-refractivity contribution in [2.45, 2.75) is 25.3 Å². The van der Waals surface area contributed by atoms with Crippen LogP contribution < -0.4 is 0 Å². The Balaban J connectivity index is 1.32. The number of rotatable bonds is 3. The van der Waals surface area contributed by atoms with Gasteiger partial charge in [0.15, 0.2) is 11.5 Å². The number of hydrogen-bond donors (Lipinski definition) is 0. The molecule has 0 unspecified atom stereocenters. The Labute approximate surface area is 162 Å². The van der Waals surface area contributed by atoms with Gasteiger partial charge in [-0.3, -0.25) is 9.88 Å². The molecule has 1 fully saturated rings. The topological polar surface area (TPSA) is 42.2 Å². The molecule has 0 amide bonds. The number of pyridine rings is 1. The highest BCUT2D eigenvalue weighted by Gasteiger charge is 2.25. The molecule has 136 valence electrons. The summed E-state index contributed by atoms with van der Waals surface area (Å²) < 4.78 is 5.98. The van der Waals surface area contributed by atoms with Crippen LogP contribution in [0.4, 0.5) is 0 Å². The van der Waals surface area contributed by atoms with Crippen molar-refractivity contribution in [2.24, 2.45) is 0 Å². The SMILES string of the molecule is Clc1ccc2cccnc2c1CN1CCC(c2nc3ccccc3o2)CC1. The number of piperidine rings is 1. The Morgan fingerprint density at radius 1 is 1.04 bits per heavy atom. The lowest BCUT2D eigenvalue weighted by Crippen LogP contribution is -2.32. The molecule has 0 radical (unpaired) electrons. The molecule has 5 heteroatoms. The fraction of sp³-hybridized carbons (Fsp3) is 0.273. The number of nitrogens with zero attached hydrogens (tertiary/aromatic N) is 3. The van der Waals surface area contributed by atoms with Crippen molar-refractivity contribution in [2.75, 3.05) is 13.1 Å². The molecule has 0 N–H and O–H groups in total. The highest BCUT2D eigenvalue weighted by Crippen LogP contribution is 2.32. The molecule has 1 aliphatic heterocycles. The first-order valence-corrected chi connectivity index (χ1v) is 9.75. The average Bonchev–Trinajstić information content (AvgIpc) is 3.15. The lowest BCUT2D eigenvalue weighted by molar-refractivity contribution is 0.194. The summed E-state index contributed by atoms with van der Waals surface area (Å²) in [5.41, 5.74) is 3.95. The lowest BCUT2D eigenvalue weighted by atomic mass is 9.96. The molecule has 0 atom stereocenters. The van der Waals surface area contributed by atoms with Crippen LogP contribution in [-0.2, 0) is 6.54 Å². The minimum Gasteiger partial charge on any atom is -0.440 e. The van der Waals surface area contributed by atoms with E-state index in [4.69, 9.17) is 16.0 Å². The molecule has 0 bridgehead atoms. The minimum absolute atomic E-state index is 0.384. The molecule has 3 heterocycles. The first kappa shape index (κ1) is 16.7. The second-order valence-corrected chi connectivity index (χ2v) is 7.58. The van der Waals surface area contributed by atoms with E-state index in [0.717, 1.165) is 71.0 Å². The third-order valence-corrected chi connectivity index (χ3v) is 5.81. The molecule has 2 aromatic heterocycles. The summed E-state index contributed by atoms with van der Waals surface area (Å²) in [6.07, 6.45) is 3.92. The predicted octanol–water partition coefficient (Wildman–Crippen LogP) is 5.41. The van der Waals surface area contributed by atoms with Crippen molar-refractivity contribution < 1.29 is 4.42 Å². The van der Waals surface area contributed by atoms with E-state index in [9.17, 15) is 0 Å². The molecule has 27 heavy (non-hydrogen) atoms. The molecule has 1 saturated heterocycles. The summed E-state index contributed by atoms with van der Waals surface area (Å²) in [6.45, 7) is 2.83. The molecular formula is C22H20ClN3O. The summed E-state index contributed by atoms with van der Waals surface area (Å²) in [4.78, 5) is 11.7. The van der Waals surface area contributed by atoms with Crippen LogP contribution in [0.1, 0.15) is 30.2 Å². The van der Waals surface area contributed by atoms with E-state index in [1.807, 2.05) is 48.7 Å². The van der Waals surface area contributed by atoms with Gasteiger partial charge >= 0.3 is 0 Å². The number of aromatic nitrogens is 2. The molecule has 4 aromatic rings. The van der Waals surface area contributed by atoms with Gasteiger partial charge in [-0.2, -0.15) is 0 Å². The number of halogens is 1. The van der Waals surface area contributed by atoms with E-state index in [2.05, 4.69) is 20.9 Å². The van der Waals surface area contributed by atoms with E-state index in [0.29, 0.717) is 5.92 Å². The van der Waals surface area contributed by atoms with Crippen molar-refractivity contribution in [3.8, 4) is 0 Å². The zero-order chi connectivity index (χ0) is 18.2. The monoisotopic (exact) mass is 377 g/mol. The highest BCUT2D eigenvalue weighted by molar-refractivity contribution is 6.32. The second kappa shape index (κ2) is 6.95. The van der Waals surface area contributed by atoms with Gasteiger partial charge in [-0.1, -0.05) is 35.9 Å². The van der Waals surface area contributed by atoms with Gasteiger partial charge < -0.3 is 4.42 Å². The molecular weight excluding hydrogens is 358 g/mol. The van der Waals surface area contributed by atoms with Crippen LogP contribution in [0.5, 0.6) is 0 Å². The quantitative estimate of drug-likeness (QED) is 0.478. The van der Waals surface area contributed by atoms with Crippen LogP contribution in [0.3, 0.4) is 0 Å². The van der Waals surface area contributed by atoms with Crippen molar-refractivity contribution in [1.82, 2.24) is 14.9 Å². The van der Waals surface area contributed by atoms with E-state index < -0.39 is 0 Å². The lowest BCUT2D eigenvalue weighted by Gasteiger charge is -2.31. The largest absolute Gasteiger partial charge is 0.440 e. The Morgan fingerprint density at radius 3 is 2.74 bits per heavy atom. The van der Waals surface area contributed by atoms with Crippen LogP contribution >= 0.6 is 11.6 Å². The molecule has 2 aromatic carbocycles. The average molecular weight is 378 g/mol. The number of hydrogen-bond acceptors (Lipinski definition) is 4. The van der Waals surface area contributed by atoms with Gasteiger partial charge in [0.1, 0.15) is 5.52 Å². The predicted molar refractivity (Wildman–Crippen MR) is 108 cm³/mol. The molecule has 0 aliphatic carbocycles. The number of oxazole rings is 1. The van der Waals surface area contributed by atoms with Gasteiger partial charge in [-0.05, 0) is 50.2 Å². The van der Waals surface area contributed by atoms with E-state index in [-0.39, 0.29) is 0 Å². The smallest absolute Gasteiger partial charge is 0.198 e. The fourth-order valence-corrected chi connectivity index (χ4v) is 4.17. The van der Waals surface area contributed by atoms with Gasteiger partial charge in [-0.15, -0.1) is 0 Å². The molecule has 0 spiro atoms. The first-order chi connectivity index (χ1) is 13.3. The van der Waals surface area contributed by atoms with Crippen molar-refractivity contribution in [3.63, 3.8) is 0 Å². The van der Waals surface area contributed by atoms with Gasteiger partial charge in [0.25, 0.3) is 0 Å². The maximum absolute atomic E-state index is 6.50. The Hall–Kier alpha value is -2.43. The summed E-state index contributed by atoms with van der Waals surface area (Å²) in [7, 11) is 0. The highest BCUT2D eigenvalue weighted by atomic mass is 35.5. The Kier molecular flexibility index (Phi) is 4.30. The van der Waals surface area contributed by atoms with Crippen LogP contribution in [0.2, 0.25) is 5.02 Å². The Morgan fingerprint density at radius 2 is 1.89 bits per heavy atom. The molecule has 1 aliphatic rings. The number of likely N-dealkylation sites (tertiary alicyclic amines) is 1. The van der Waals surface area contributed by atoms with E-state index >= 15 is 0 Å². The Bertz CT molecular complexity index is 1070. The number of para-hydroxylation sites is 2. The summed E-state index contributed by atoms with van der Waals surface area (Å²) >= 11 is 6.50. The maximum Gasteiger partial charge on any atom is 0.198 e. The summed E-state index contributed by atoms with van der Waals surface area (Å²) in [5, 5.41) is 1.93. The van der Waals surface area contributed by atoms with E-state index in [1.165, 1.54) is 0 Å². The molecule has 4 nitrogen and oxygen atoms in total. The second-order valence-electron chi connectivity index (χ2n) is 7.17. The van der Waals surface area contributed by atoms with Gasteiger partial charge in [0.2, 0.25) is 0 Å². The zero-order valence-electron chi connectivity index (χ0n) is 14.9. The third kappa shape index (κ3) is 3.20. The van der Waals surface area contributed by atoms with Crippen molar-refractivity contribution in [1.29, 1.82) is 0 Å². The number of benzene rings is 2. The van der Waals surface area contributed by atoms with Gasteiger partial charge in [-0.25, -0.2) is 4.98 Å². The number of fused-ring (bicyclic) bond motifs is 2. The third-order valence-electron chi connectivity index (χ3n) is 5.45. The normalized spacial score (nSPS) is 16.3. The molecule has 0 saturated carbocycles. The zero-order valence-corrected chi connectivity index (χ0v) is 15.7. The minimum atomic E-state index is 0.384. The van der Waals surface area contributed by atoms with Gasteiger partial charge in [0, 0.05) is 34.6 Å². The standard InChI is InChI=1S/C22H20ClN3O/c23-18-8-7-15-4-3-11-24-21(15)17(18)14-26-12-9-16(10-13-26)22-25-19-5-1-2-6-20(19)27-22/h1-8,11,16H,9-10,12-14H2. The van der Waals surface area contributed by atoms with Gasteiger partial charge in [0.05, 0.1) is 5.52 Å². The molecule has 5 rings (SSSR count). The van der Waals surface area contributed by atoms with Crippen molar-refractivity contribution in [3.05, 3.63) is 71.2 Å². The van der Waals surface area contributed by atoms with Crippen molar-refractivity contribution >= 4 is 33.6 Å². The summed E-state index contributed by atoms with van der Waals surface area (Å²) in [6, 6.07) is 16.0. The summed E-state index contributed by atoms with van der Waals surface area (Å²) in [5.74, 6) is 1.26. The van der Waals surface area contributed by atoms with Crippen LogP contribution in [0.15, 0.2) is 59.1 Å². The van der Waals surface area contributed by atoms with E-state index in [1.54, 1.807) is 0 Å². The maximum atomic E-state index is 6.50.